The van der Waals surface area contributed by atoms with Crippen LogP contribution in [-0.2, 0) is 14.6 Å². The molecule has 0 atom stereocenters. The minimum absolute atomic E-state index is 0.0380. The van der Waals surface area contributed by atoms with Crippen molar-refractivity contribution in [1.82, 2.24) is 5.32 Å². The van der Waals surface area contributed by atoms with Crippen LogP contribution in [0.1, 0.15) is 32.1 Å². The van der Waals surface area contributed by atoms with E-state index in [2.05, 4.69) is 5.32 Å². The van der Waals surface area contributed by atoms with Crippen LogP contribution in [0.2, 0.25) is 0 Å². The summed E-state index contributed by atoms with van der Waals surface area (Å²) in [6, 6.07) is 0.358. The Bertz CT molecular complexity index is 316. The lowest BCUT2D eigenvalue weighted by atomic mass is 9.80. The maximum absolute atomic E-state index is 11.3. The summed E-state index contributed by atoms with van der Waals surface area (Å²) in [5.41, 5.74) is 0.0380. The van der Waals surface area contributed by atoms with Crippen molar-refractivity contribution in [2.24, 2.45) is 0 Å². The van der Waals surface area contributed by atoms with Crippen LogP contribution in [0.5, 0.6) is 0 Å². The summed E-state index contributed by atoms with van der Waals surface area (Å²) in [5, 5.41) is 3.46. The Balaban J connectivity index is 1.75. The molecule has 0 bridgehead atoms. The number of rotatable bonds is 4. The van der Waals surface area contributed by atoms with Crippen molar-refractivity contribution in [3.63, 3.8) is 0 Å². The lowest BCUT2D eigenvalue weighted by molar-refractivity contribution is -0.0709. The molecular formula is C11H21NO3S. The van der Waals surface area contributed by atoms with Crippen LogP contribution in [0.25, 0.3) is 0 Å². The van der Waals surface area contributed by atoms with Crippen LogP contribution < -0.4 is 5.32 Å². The van der Waals surface area contributed by atoms with E-state index in [1.165, 1.54) is 6.42 Å². The average Bonchev–Trinajstić information content (AvgIpc) is 2.19. The SMILES string of the molecule is COC1(CNC2CCS(=O)(=O)CC2)CCC1. The van der Waals surface area contributed by atoms with E-state index in [4.69, 9.17) is 4.74 Å². The van der Waals surface area contributed by atoms with E-state index < -0.39 is 9.84 Å². The second-order valence-electron chi connectivity index (χ2n) is 5.05. The van der Waals surface area contributed by atoms with Crippen molar-refractivity contribution >= 4 is 9.84 Å². The van der Waals surface area contributed by atoms with Gasteiger partial charge in [-0.3, -0.25) is 0 Å². The van der Waals surface area contributed by atoms with Crippen molar-refractivity contribution in [3.8, 4) is 0 Å². The molecule has 94 valence electrons. The highest BCUT2D eigenvalue weighted by molar-refractivity contribution is 7.91. The lowest BCUT2D eigenvalue weighted by Gasteiger charge is -2.42. The van der Waals surface area contributed by atoms with Crippen LogP contribution >= 0.6 is 0 Å². The summed E-state index contributed by atoms with van der Waals surface area (Å²) in [4.78, 5) is 0. The summed E-state index contributed by atoms with van der Waals surface area (Å²) in [5.74, 6) is 0.676. The van der Waals surface area contributed by atoms with Crippen molar-refractivity contribution in [2.75, 3.05) is 25.2 Å². The minimum Gasteiger partial charge on any atom is -0.377 e. The number of ether oxygens (including phenoxy) is 1. The van der Waals surface area contributed by atoms with Crippen molar-refractivity contribution in [2.45, 2.75) is 43.7 Å². The topological polar surface area (TPSA) is 55.4 Å². The molecule has 0 aromatic heterocycles. The zero-order valence-corrected chi connectivity index (χ0v) is 10.7. The number of sulfone groups is 1. The molecular weight excluding hydrogens is 226 g/mol. The third-order valence-corrected chi connectivity index (χ3v) is 5.68. The molecule has 0 amide bonds. The predicted octanol–water partition coefficient (Wildman–Crippen LogP) is 0.722. The van der Waals surface area contributed by atoms with Gasteiger partial charge < -0.3 is 10.1 Å². The van der Waals surface area contributed by atoms with Gasteiger partial charge in [0.05, 0.1) is 17.1 Å². The summed E-state index contributed by atoms with van der Waals surface area (Å²) < 4.78 is 28.1. The van der Waals surface area contributed by atoms with E-state index in [0.717, 1.165) is 32.2 Å². The largest absolute Gasteiger partial charge is 0.377 e. The molecule has 1 aliphatic carbocycles. The fourth-order valence-corrected chi connectivity index (χ4v) is 3.94. The summed E-state index contributed by atoms with van der Waals surface area (Å²) in [7, 11) is -0.968. The molecule has 5 heteroatoms. The number of hydrogen-bond donors (Lipinski definition) is 1. The molecule has 1 saturated heterocycles. The van der Waals surface area contributed by atoms with E-state index in [1.54, 1.807) is 7.11 Å². The Hall–Kier alpha value is -0.130. The zero-order valence-electron chi connectivity index (χ0n) is 9.87. The monoisotopic (exact) mass is 247 g/mol. The number of nitrogens with one attached hydrogen (secondary N) is 1. The van der Waals surface area contributed by atoms with Crippen molar-refractivity contribution in [3.05, 3.63) is 0 Å². The Kier molecular flexibility index (Phi) is 3.56. The van der Waals surface area contributed by atoms with E-state index in [-0.39, 0.29) is 5.60 Å². The summed E-state index contributed by atoms with van der Waals surface area (Å²) in [6.45, 7) is 0.869. The summed E-state index contributed by atoms with van der Waals surface area (Å²) >= 11 is 0. The quantitative estimate of drug-likeness (QED) is 0.795. The molecule has 0 aromatic carbocycles. The highest BCUT2D eigenvalue weighted by Gasteiger charge is 2.37. The Labute approximate surface area is 97.7 Å². The lowest BCUT2D eigenvalue weighted by Crippen LogP contribution is -2.51. The summed E-state index contributed by atoms with van der Waals surface area (Å²) in [6.07, 6.45) is 5.00. The van der Waals surface area contributed by atoms with E-state index in [9.17, 15) is 8.42 Å². The smallest absolute Gasteiger partial charge is 0.150 e. The minimum atomic E-state index is -2.74. The first-order chi connectivity index (χ1) is 7.55. The van der Waals surface area contributed by atoms with Gasteiger partial charge in [-0.2, -0.15) is 0 Å². The average molecular weight is 247 g/mol. The van der Waals surface area contributed by atoms with Gasteiger partial charge in [-0.05, 0) is 32.1 Å². The molecule has 2 rings (SSSR count). The van der Waals surface area contributed by atoms with Gasteiger partial charge in [0.2, 0.25) is 0 Å². The Morgan fingerprint density at radius 3 is 2.38 bits per heavy atom. The molecule has 1 saturated carbocycles. The van der Waals surface area contributed by atoms with Gasteiger partial charge in [0, 0.05) is 19.7 Å². The van der Waals surface area contributed by atoms with Gasteiger partial charge in [-0.1, -0.05) is 0 Å². The maximum Gasteiger partial charge on any atom is 0.150 e. The first kappa shape index (κ1) is 12.3. The molecule has 0 aromatic rings. The fourth-order valence-electron chi connectivity index (χ4n) is 2.45. The van der Waals surface area contributed by atoms with Crippen LogP contribution in [0.15, 0.2) is 0 Å². The predicted molar refractivity (Wildman–Crippen MR) is 63.3 cm³/mol. The van der Waals surface area contributed by atoms with Crippen molar-refractivity contribution in [1.29, 1.82) is 0 Å². The molecule has 2 aliphatic rings. The van der Waals surface area contributed by atoms with Crippen LogP contribution in [-0.4, -0.2) is 45.2 Å². The van der Waals surface area contributed by atoms with E-state index in [0.29, 0.717) is 17.5 Å². The molecule has 4 nitrogen and oxygen atoms in total. The first-order valence-electron chi connectivity index (χ1n) is 6.04. The number of methoxy groups -OCH3 is 1. The second kappa shape index (κ2) is 4.63. The van der Waals surface area contributed by atoms with Crippen LogP contribution in [0, 0.1) is 0 Å². The first-order valence-corrected chi connectivity index (χ1v) is 7.86. The molecule has 1 aliphatic heterocycles. The van der Waals surface area contributed by atoms with Crippen LogP contribution in [0.3, 0.4) is 0 Å². The van der Waals surface area contributed by atoms with Gasteiger partial charge in [0.25, 0.3) is 0 Å². The molecule has 1 N–H and O–H groups in total. The molecule has 0 radical (unpaired) electrons. The third kappa shape index (κ3) is 2.76. The Morgan fingerprint density at radius 1 is 1.31 bits per heavy atom. The van der Waals surface area contributed by atoms with Gasteiger partial charge >= 0.3 is 0 Å². The van der Waals surface area contributed by atoms with Gasteiger partial charge in [0.15, 0.2) is 0 Å². The molecule has 0 unspecified atom stereocenters. The fraction of sp³-hybridized carbons (Fsp3) is 1.00. The maximum atomic E-state index is 11.3. The second-order valence-corrected chi connectivity index (χ2v) is 7.35. The third-order valence-electron chi connectivity index (χ3n) is 3.97. The molecule has 16 heavy (non-hydrogen) atoms. The van der Waals surface area contributed by atoms with E-state index in [1.807, 2.05) is 0 Å². The zero-order chi connectivity index (χ0) is 11.6. The Morgan fingerprint density at radius 2 is 1.94 bits per heavy atom. The van der Waals surface area contributed by atoms with Gasteiger partial charge in [-0.25, -0.2) is 8.42 Å². The highest BCUT2D eigenvalue weighted by atomic mass is 32.2. The molecule has 1 heterocycles. The number of hydrogen-bond acceptors (Lipinski definition) is 4. The standard InChI is InChI=1S/C11H21NO3S/c1-15-11(5-2-6-11)9-12-10-3-7-16(13,14)8-4-10/h10,12H,2-9H2,1H3. The molecule has 2 fully saturated rings. The van der Waals surface area contributed by atoms with Crippen LogP contribution in [0.4, 0.5) is 0 Å². The molecule has 0 spiro atoms. The van der Waals surface area contributed by atoms with E-state index >= 15 is 0 Å². The van der Waals surface area contributed by atoms with Gasteiger partial charge in [-0.15, -0.1) is 0 Å². The normalized spacial score (nSPS) is 28.6. The van der Waals surface area contributed by atoms with Gasteiger partial charge in [0.1, 0.15) is 9.84 Å². The highest BCUT2D eigenvalue weighted by Crippen LogP contribution is 2.34. The van der Waals surface area contributed by atoms with Crippen molar-refractivity contribution < 1.29 is 13.2 Å².